The van der Waals surface area contributed by atoms with Gasteiger partial charge in [-0.05, 0) is 38.8 Å². The van der Waals surface area contributed by atoms with Crippen molar-refractivity contribution in [1.29, 1.82) is 0 Å². The molecule has 0 radical (unpaired) electrons. The Morgan fingerprint density at radius 3 is 2.79 bits per heavy atom. The van der Waals surface area contributed by atoms with Gasteiger partial charge in [-0.1, -0.05) is 11.6 Å². The lowest BCUT2D eigenvalue weighted by atomic mass is 9.58. The van der Waals surface area contributed by atoms with E-state index in [-0.39, 0.29) is 17.6 Å². The van der Waals surface area contributed by atoms with Crippen LogP contribution >= 0.6 is 0 Å². The summed E-state index contributed by atoms with van der Waals surface area (Å²) < 4.78 is 5.86. The molecule has 0 unspecified atom stereocenters. The molecule has 128 valence electrons. The van der Waals surface area contributed by atoms with Crippen LogP contribution in [0.15, 0.2) is 24.5 Å². The molecule has 1 aromatic heterocycles. The summed E-state index contributed by atoms with van der Waals surface area (Å²) >= 11 is 0. The summed E-state index contributed by atoms with van der Waals surface area (Å²) in [5.74, 6) is 1.01. The Hall–Kier alpha value is -1.72. The van der Waals surface area contributed by atoms with Crippen molar-refractivity contribution in [3.05, 3.63) is 30.1 Å². The number of nitrogens with zero attached hydrogens (tertiary/aromatic N) is 3. The molecule has 0 bridgehead atoms. The van der Waals surface area contributed by atoms with Gasteiger partial charge in [0.05, 0.1) is 17.7 Å². The molecule has 0 amide bonds. The predicted octanol–water partition coefficient (Wildman–Crippen LogP) is 2.69. The highest BCUT2D eigenvalue weighted by molar-refractivity contribution is 5.89. The van der Waals surface area contributed by atoms with E-state index in [0.717, 1.165) is 55.7 Å². The standard InChI is InChI=1S/C19H25N3O2/c1-3-24-17-11-16(23)19(17)6-8-22(9-7-19)18-14-10-13(2)4-5-15(14)20-12-21-18/h4-5,10,12,16-17,23H,3,6-9,11H2,1-2H3/t16-,17+/m1/s1. The van der Waals surface area contributed by atoms with Gasteiger partial charge in [-0.3, -0.25) is 0 Å². The Bertz CT molecular complexity index is 738. The van der Waals surface area contributed by atoms with E-state index in [1.165, 1.54) is 5.56 Å². The summed E-state index contributed by atoms with van der Waals surface area (Å²) in [6.07, 6.45) is 4.33. The third-order valence-corrected chi connectivity index (χ3v) is 5.87. The zero-order valence-electron chi connectivity index (χ0n) is 14.4. The van der Waals surface area contributed by atoms with E-state index in [1.807, 2.05) is 6.92 Å². The fourth-order valence-corrected chi connectivity index (χ4v) is 4.36. The number of aryl methyl sites for hydroxylation is 1. The molecule has 1 aromatic carbocycles. The second-order valence-corrected chi connectivity index (χ2v) is 7.13. The average molecular weight is 327 g/mol. The van der Waals surface area contributed by atoms with Gasteiger partial charge in [-0.15, -0.1) is 0 Å². The Morgan fingerprint density at radius 2 is 2.08 bits per heavy atom. The van der Waals surface area contributed by atoms with Crippen LogP contribution in [-0.2, 0) is 4.74 Å². The number of rotatable bonds is 3. The molecular weight excluding hydrogens is 302 g/mol. The van der Waals surface area contributed by atoms with Crippen LogP contribution in [0, 0.1) is 12.3 Å². The van der Waals surface area contributed by atoms with Crippen LogP contribution in [0.25, 0.3) is 10.9 Å². The first-order chi connectivity index (χ1) is 11.6. The van der Waals surface area contributed by atoms with Crippen LogP contribution in [0.2, 0.25) is 0 Å². The molecule has 1 saturated heterocycles. The van der Waals surface area contributed by atoms with Crippen molar-refractivity contribution < 1.29 is 9.84 Å². The first kappa shape index (κ1) is 15.8. The van der Waals surface area contributed by atoms with Gasteiger partial charge in [-0.2, -0.15) is 0 Å². The number of aliphatic hydroxyl groups is 1. The number of fused-ring (bicyclic) bond motifs is 1. The number of anilines is 1. The zero-order chi connectivity index (χ0) is 16.7. The molecule has 4 rings (SSSR count). The fourth-order valence-electron chi connectivity index (χ4n) is 4.36. The molecule has 2 heterocycles. The fraction of sp³-hybridized carbons (Fsp3) is 0.579. The highest BCUT2D eigenvalue weighted by Crippen LogP contribution is 2.51. The maximum absolute atomic E-state index is 10.4. The molecule has 1 aliphatic heterocycles. The van der Waals surface area contributed by atoms with Crippen LogP contribution in [0.5, 0.6) is 0 Å². The molecule has 1 N–H and O–H groups in total. The maximum atomic E-state index is 10.4. The van der Waals surface area contributed by atoms with Crippen LogP contribution < -0.4 is 4.90 Å². The molecule has 2 fully saturated rings. The minimum absolute atomic E-state index is 0.0503. The quantitative estimate of drug-likeness (QED) is 0.939. The average Bonchev–Trinajstić information content (AvgIpc) is 2.61. The normalized spacial score (nSPS) is 25.9. The van der Waals surface area contributed by atoms with Crippen molar-refractivity contribution in [3.63, 3.8) is 0 Å². The smallest absolute Gasteiger partial charge is 0.139 e. The Balaban J connectivity index is 1.57. The Kier molecular flexibility index (Phi) is 3.93. The number of ether oxygens (including phenoxy) is 1. The minimum atomic E-state index is -0.222. The van der Waals surface area contributed by atoms with Crippen molar-refractivity contribution >= 4 is 16.7 Å². The SMILES string of the molecule is CCO[C@H]1C[C@@H](O)C12CCN(c1ncnc3ccc(C)cc13)CC2. The van der Waals surface area contributed by atoms with Gasteiger partial charge in [0.1, 0.15) is 12.1 Å². The number of hydrogen-bond acceptors (Lipinski definition) is 5. The third kappa shape index (κ3) is 2.38. The first-order valence-corrected chi connectivity index (χ1v) is 8.90. The van der Waals surface area contributed by atoms with E-state index < -0.39 is 0 Å². The van der Waals surface area contributed by atoms with Gasteiger partial charge in [0, 0.05) is 36.9 Å². The van der Waals surface area contributed by atoms with Gasteiger partial charge in [0.25, 0.3) is 0 Å². The predicted molar refractivity (Wildman–Crippen MR) is 94.2 cm³/mol. The van der Waals surface area contributed by atoms with E-state index in [4.69, 9.17) is 4.74 Å². The van der Waals surface area contributed by atoms with Gasteiger partial charge in [-0.25, -0.2) is 9.97 Å². The summed E-state index contributed by atoms with van der Waals surface area (Å²) in [4.78, 5) is 11.3. The summed E-state index contributed by atoms with van der Waals surface area (Å²) in [6.45, 7) is 6.65. The minimum Gasteiger partial charge on any atom is -0.392 e. The van der Waals surface area contributed by atoms with Crippen molar-refractivity contribution in [1.82, 2.24) is 9.97 Å². The Labute approximate surface area is 142 Å². The van der Waals surface area contributed by atoms with E-state index in [9.17, 15) is 5.11 Å². The number of piperidine rings is 1. The van der Waals surface area contributed by atoms with Crippen LogP contribution in [-0.4, -0.2) is 47.0 Å². The van der Waals surface area contributed by atoms with E-state index >= 15 is 0 Å². The molecule has 1 spiro atoms. The van der Waals surface area contributed by atoms with Crippen LogP contribution in [0.3, 0.4) is 0 Å². The summed E-state index contributed by atoms with van der Waals surface area (Å²) in [7, 11) is 0. The van der Waals surface area contributed by atoms with Gasteiger partial charge < -0.3 is 14.7 Å². The van der Waals surface area contributed by atoms with Crippen molar-refractivity contribution in [2.45, 2.75) is 45.3 Å². The Morgan fingerprint density at radius 1 is 1.29 bits per heavy atom. The highest BCUT2D eigenvalue weighted by Gasteiger charge is 2.56. The van der Waals surface area contributed by atoms with Gasteiger partial charge in [0.15, 0.2) is 0 Å². The monoisotopic (exact) mass is 327 g/mol. The highest BCUT2D eigenvalue weighted by atomic mass is 16.5. The lowest BCUT2D eigenvalue weighted by molar-refractivity contribution is -0.199. The maximum Gasteiger partial charge on any atom is 0.139 e. The van der Waals surface area contributed by atoms with Crippen LogP contribution in [0.4, 0.5) is 5.82 Å². The van der Waals surface area contributed by atoms with Crippen molar-refractivity contribution in [3.8, 4) is 0 Å². The largest absolute Gasteiger partial charge is 0.392 e. The molecule has 5 heteroatoms. The molecule has 1 aliphatic carbocycles. The molecule has 2 aromatic rings. The van der Waals surface area contributed by atoms with Crippen molar-refractivity contribution in [2.24, 2.45) is 5.41 Å². The molecule has 2 aliphatic rings. The lowest BCUT2D eigenvalue weighted by Crippen LogP contribution is -2.62. The zero-order valence-corrected chi connectivity index (χ0v) is 14.4. The van der Waals surface area contributed by atoms with Crippen LogP contribution in [0.1, 0.15) is 31.7 Å². The van der Waals surface area contributed by atoms with Gasteiger partial charge in [0.2, 0.25) is 0 Å². The number of hydrogen-bond donors (Lipinski definition) is 1. The lowest BCUT2D eigenvalue weighted by Gasteiger charge is -2.56. The summed E-state index contributed by atoms with van der Waals surface area (Å²) in [6, 6.07) is 6.31. The topological polar surface area (TPSA) is 58.5 Å². The number of benzene rings is 1. The third-order valence-electron chi connectivity index (χ3n) is 5.87. The molecule has 1 saturated carbocycles. The van der Waals surface area contributed by atoms with Gasteiger partial charge >= 0.3 is 0 Å². The summed E-state index contributed by atoms with van der Waals surface area (Å²) in [5.41, 5.74) is 2.16. The number of aromatic nitrogens is 2. The molecule has 24 heavy (non-hydrogen) atoms. The van der Waals surface area contributed by atoms with E-state index in [2.05, 4.69) is 40.0 Å². The molecule has 5 nitrogen and oxygen atoms in total. The van der Waals surface area contributed by atoms with Crippen molar-refractivity contribution in [2.75, 3.05) is 24.6 Å². The van der Waals surface area contributed by atoms with E-state index in [0.29, 0.717) is 0 Å². The number of aliphatic hydroxyl groups excluding tert-OH is 1. The second-order valence-electron chi connectivity index (χ2n) is 7.13. The molecular formula is C19H25N3O2. The molecule has 2 atom stereocenters. The second kappa shape index (κ2) is 5.97. The summed E-state index contributed by atoms with van der Waals surface area (Å²) in [5, 5.41) is 11.5. The van der Waals surface area contributed by atoms with E-state index in [1.54, 1.807) is 6.33 Å². The first-order valence-electron chi connectivity index (χ1n) is 8.90.